The van der Waals surface area contributed by atoms with Crippen LogP contribution >= 0.6 is 0 Å². The molecular formula is C31H37F3N6O4. The quantitative estimate of drug-likeness (QED) is 0.235. The molecule has 236 valence electrons. The number of ether oxygens (including phenoxy) is 1. The van der Waals surface area contributed by atoms with Crippen LogP contribution in [0, 0.1) is 0 Å². The van der Waals surface area contributed by atoms with Gasteiger partial charge in [-0.3, -0.25) is 15.1 Å². The van der Waals surface area contributed by atoms with Gasteiger partial charge in [0.2, 0.25) is 0 Å². The standard InChI is InChI=1S/C31H37F3N6O4/c1-30(2,3)44-29(43)38-25-10-7-6-9-24(25)37-27(41)26-16-11-21(19-35-26)20-40(18-8-17-39(4)5)28(42)36-23-14-12-22(13-15-23)31(32,33)34/h6-7,9-16,19H,8,17-18,20H2,1-5H3,(H,36,42)(H,37,41)(H,38,43). The van der Waals surface area contributed by atoms with Crippen LogP contribution in [0.2, 0.25) is 0 Å². The van der Waals surface area contributed by atoms with Gasteiger partial charge in [0.15, 0.2) is 0 Å². The normalized spacial score (nSPS) is 11.6. The average molecular weight is 615 g/mol. The number of para-hydroxylation sites is 2. The molecule has 0 saturated heterocycles. The number of nitrogens with one attached hydrogen (secondary N) is 3. The van der Waals surface area contributed by atoms with Crippen molar-refractivity contribution in [3.8, 4) is 0 Å². The molecule has 0 saturated carbocycles. The van der Waals surface area contributed by atoms with E-state index in [1.54, 1.807) is 51.1 Å². The average Bonchev–Trinajstić information content (AvgIpc) is 2.92. The van der Waals surface area contributed by atoms with Crippen LogP contribution in [0.1, 0.15) is 48.8 Å². The van der Waals surface area contributed by atoms with E-state index in [0.717, 1.165) is 12.1 Å². The van der Waals surface area contributed by atoms with E-state index in [1.807, 2.05) is 19.0 Å². The summed E-state index contributed by atoms with van der Waals surface area (Å²) in [6, 6.07) is 13.6. The maximum Gasteiger partial charge on any atom is 0.416 e. The number of benzene rings is 2. The monoisotopic (exact) mass is 614 g/mol. The van der Waals surface area contributed by atoms with Gasteiger partial charge in [0, 0.05) is 25.0 Å². The first kappa shape index (κ1) is 33.8. The molecule has 44 heavy (non-hydrogen) atoms. The number of aromatic nitrogens is 1. The molecule has 0 unspecified atom stereocenters. The maximum absolute atomic E-state index is 13.1. The molecule has 0 spiro atoms. The maximum atomic E-state index is 13.1. The summed E-state index contributed by atoms with van der Waals surface area (Å²) in [6.07, 6.45) is -3.02. The summed E-state index contributed by atoms with van der Waals surface area (Å²) in [6.45, 7) is 6.45. The van der Waals surface area contributed by atoms with Crippen molar-refractivity contribution in [2.75, 3.05) is 43.1 Å². The number of urea groups is 1. The zero-order valence-corrected chi connectivity index (χ0v) is 25.3. The van der Waals surface area contributed by atoms with Crippen LogP contribution in [0.5, 0.6) is 0 Å². The largest absolute Gasteiger partial charge is 0.444 e. The minimum atomic E-state index is -4.48. The minimum absolute atomic E-state index is 0.106. The van der Waals surface area contributed by atoms with Gasteiger partial charge in [-0.2, -0.15) is 13.2 Å². The Balaban J connectivity index is 1.68. The third-order valence-corrected chi connectivity index (χ3v) is 6.03. The van der Waals surface area contributed by atoms with E-state index in [4.69, 9.17) is 4.74 Å². The van der Waals surface area contributed by atoms with Crippen molar-refractivity contribution in [2.45, 2.75) is 45.5 Å². The fourth-order valence-corrected chi connectivity index (χ4v) is 3.95. The Morgan fingerprint density at radius 1 is 0.841 bits per heavy atom. The van der Waals surface area contributed by atoms with Crippen molar-refractivity contribution in [1.29, 1.82) is 0 Å². The molecular weight excluding hydrogens is 577 g/mol. The second kappa shape index (κ2) is 14.7. The van der Waals surface area contributed by atoms with Gasteiger partial charge in [0.1, 0.15) is 11.3 Å². The molecule has 0 bridgehead atoms. The third-order valence-electron chi connectivity index (χ3n) is 6.03. The van der Waals surface area contributed by atoms with Crippen molar-refractivity contribution in [3.63, 3.8) is 0 Å². The smallest absolute Gasteiger partial charge is 0.416 e. The number of hydrogen-bond acceptors (Lipinski definition) is 6. The highest BCUT2D eigenvalue weighted by molar-refractivity contribution is 6.05. The van der Waals surface area contributed by atoms with E-state index >= 15 is 0 Å². The van der Waals surface area contributed by atoms with Crippen molar-refractivity contribution < 1.29 is 32.3 Å². The van der Waals surface area contributed by atoms with E-state index in [9.17, 15) is 27.6 Å². The van der Waals surface area contributed by atoms with Crippen LogP contribution in [-0.2, 0) is 17.5 Å². The van der Waals surface area contributed by atoms with Gasteiger partial charge >= 0.3 is 18.3 Å². The number of carbonyl (C=O) groups is 3. The molecule has 1 aromatic heterocycles. The first-order chi connectivity index (χ1) is 20.6. The van der Waals surface area contributed by atoms with Crippen LogP contribution < -0.4 is 16.0 Å². The van der Waals surface area contributed by atoms with Gasteiger partial charge in [-0.05, 0) is 95.9 Å². The Morgan fingerprint density at radius 3 is 2.02 bits per heavy atom. The molecule has 0 radical (unpaired) electrons. The zero-order valence-electron chi connectivity index (χ0n) is 25.3. The number of hydrogen-bond donors (Lipinski definition) is 3. The number of carbonyl (C=O) groups excluding carboxylic acids is 3. The summed E-state index contributed by atoms with van der Waals surface area (Å²) in [7, 11) is 3.82. The molecule has 3 rings (SSSR count). The van der Waals surface area contributed by atoms with Crippen LogP contribution in [0.25, 0.3) is 0 Å². The summed E-state index contributed by atoms with van der Waals surface area (Å²) >= 11 is 0. The summed E-state index contributed by atoms with van der Waals surface area (Å²) in [5, 5.41) is 8.00. The topological polar surface area (TPSA) is 116 Å². The molecule has 13 heteroatoms. The van der Waals surface area contributed by atoms with E-state index < -0.39 is 35.4 Å². The summed E-state index contributed by atoms with van der Waals surface area (Å²) in [5.74, 6) is -0.516. The lowest BCUT2D eigenvalue weighted by Gasteiger charge is -2.24. The minimum Gasteiger partial charge on any atom is -0.444 e. The van der Waals surface area contributed by atoms with Gasteiger partial charge in [0.05, 0.1) is 16.9 Å². The molecule has 1 heterocycles. The van der Waals surface area contributed by atoms with Gasteiger partial charge < -0.3 is 25.2 Å². The lowest BCUT2D eigenvalue weighted by Crippen LogP contribution is -2.36. The highest BCUT2D eigenvalue weighted by atomic mass is 19.4. The first-order valence-corrected chi connectivity index (χ1v) is 13.8. The Bertz CT molecular complexity index is 1420. The van der Waals surface area contributed by atoms with Gasteiger partial charge in [-0.25, -0.2) is 9.59 Å². The summed E-state index contributed by atoms with van der Waals surface area (Å²) in [4.78, 5) is 46.0. The zero-order chi connectivity index (χ0) is 32.5. The van der Waals surface area contributed by atoms with Gasteiger partial charge in [0.25, 0.3) is 5.91 Å². The van der Waals surface area contributed by atoms with E-state index in [-0.39, 0.29) is 17.9 Å². The fourth-order valence-electron chi connectivity index (χ4n) is 3.95. The van der Waals surface area contributed by atoms with E-state index in [0.29, 0.717) is 36.4 Å². The molecule has 0 aliphatic rings. The lowest BCUT2D eigenvalue weighted by atomic mass is 10.2. The molecule has 10 nitrogen and oxygen atoms in total. The number of halogens is 3. The Kier molecular flexibility index (Phi) is 11.3. The van der Waals surface area contributed by atoms with Crippen LogP contribution in [0.4, 0.5) is 39.8 Å². The summed E-state index contributed by atoms with van der Waals surface area (Å²) < 4.78 is 44.0. The van der Waals surface area contributed by atoms with Crippen LogP contribution in [-0.4, -0.2) is 65.6 Å². The number of alkyl halides is 3. The van der Waals surface area contributed by atoms with Gasteiger partial charge in [-0.15, -0.1) is 0 Å². The van der Waals surface area contributed by atoms with E-state index in [2.05, 4.69) is 20.9 Å². The number of nitrogens with zero attached hydrogens (tertiary/aromatic N) is 3. The molecule has 3 aromatic rings. The molecule has 0 aliphatic carbocycles. The SMILES string of the molecule is CN(C)CCCN(Cc1ccc(C(=O)Nc2ccccc2NC(=O)OC(C)(C)C)nc1)C(=O)Nc1ccc(C(F)(F)F)cc1. The molecule has 0 aliphatic heterocycles. The highest BCUT2D eigenvalue weighted by Gasteiger charge is 2.30. The highest BCUT2D eigenvalue weighted by Crippen LogP contribution is 2.30. The number of amides is 4. The van der Waals surface area contributed by atoms with Gasteiger partial charge in [-0.1, -0.05) is 18.2 Å². The van der Waals surface area contributed by atoms with Crippen LogP contribution in [0.3, 0.4) is 0 Å². The number of anilines is 3. The van der Waals surface area contributed by atoms with E-state index in [1.165, 1.54) is 29.3 Å². The fraction of sp³-hybridized carbons (Fsp3) is 0.355. The lowest BCUT2D eigenvalue weighted by molar-refractivity contribution is -0.137. The third kappa shape index (κ3) is 10.9. The molecule has 0 fully saturated rings. The second-order valence-corrected chi connectivity index (χ2v) is 11.3. The molecule has 4 amide bonds. The molecule has 2 aromatic carbocycles. The number of rotatable bonds is 10. The second-order valence-electron chi connectivity index (χ2n) is 11.3. The predicted octanol–water partition coefficient (Wildman–Crippen LogP) is 6.69. The Morgan fingerprint density at radius 2 is 1.48 bits per heavy atom. The molecule has 3 N–H and O–H groups in total. The van der Waals surface area contributed by atoms with Crippen molar-refractivity contribution in [3.05, 3.63) is 83.7 Å². The number of pyridine rings is 1. The predicted molar refractivity (Wildman–Crippen MR) is 163 cm³/mol. The van der Waals surface area contributed by atoms with Crippen LogP contribution in [0.15, 0.2) is 66.9 Å². The van der Waals surface area contributed by atoms with Crippen molar-refractivity contribution >= 4 is 35.1 Å². The van der Waals surface area contributed by atoms with Crippen molar-refractivity contribution in [2.24, 2.45) is 0 Å². The Hall–Kier alpha value is -4.65. The molecule has 0 atom stereocenters. The Labute approximate surface area is 254 Å². The van der Waals surface area contributed by atoms with Crippen molar-refractivity contribution in [1.82, 2.24) is 14.8 Å². The first-order valence-electron chi connectivity index (χ1n) is 13.8. The summed E-state index contributed by atoms with van der Waals surface area (Å²) in [5.41, 5.74) is 0.165.